The van der Waals surface area contributed by atoms with E-state index in [0.717, 1.165) is 27.7 Å². The van der Waals surface area contributed by atoms with Gasteiger partial charge in [-0.25, -0.2) is 0 Å². The monoisotopic (exact) mass is 544 g/mol. The molecule has 1 N–H and O–H groups in total. The van der Waals surface area contributed by atoms with Crippen molar-refractivity contribution in [2.45, 2.75) is 38.0 Å². The van der Waals surface area contributed by atoms with Crippen molar-refractivity contribution in [1.82, 2.24) is 0 Å². The zero-order valence-corrected chi connectivity index (χ0v) is 24.1. The van der Waals surface area contributed by atoms with Gasteiger partial charge in [-0.05, 0) is 61.7 Å². The number of para-hydroxylation sites is 1. The number of non-ortho nitro benzene ring substituents is 1. The number of rotatable bonds is 5. The summed E-state index contributed by atoms with van der Waals surface area (Å²) in [7, 11) is 4.18. The van der Waals surface area contributed by atoms with Crippen molar-refractivity contribution in [3.05, 3.63) is 130 Å². The first-order valence-corrected chi connectivity index (χ1v) is 13.9. The predicted octanol–water partition coefficient (Wildman–Crippen LogP) is 7.55. The lowest BCUT2D eigenvalue weighted by atomic mass is 9.74. The zero-order valence-electron chi connectivity index (χ0n) is 24.1. The molecule has 41 heavy (non-hydrogen) atoms. The maximum Gasteiger partial charge on any atom is 0.269 e. The van der Waals surface area contributed by atoms with Gasteiger partial charge < -0.3 is 10.0 Å². The number of fused-ring (bicyclic) bond motifs is 4. The van der Waals surface area contributed by atoms with Gasteiger partial charge in [0.25, 0.3) is 5.69 Å². The quantitative estimate of drug-likeness (QED) is 0.160. The van der Waals surface area contributed by atoms with Gasteiger partial charge in [-0.3, -0.25) is 10.1 Å². The second kappa shape index (κ2) is 9.44. The largest absolute Gasteiger partial charge is 0.508 e. The molecule has 0 saturated heterocycles. The fourth-order valence-electron chi connectivity index (χ4n) is 6.96. The molecule has 1 unspecified atom stereocenters. The molecular formula is C35H34N3O3+. The second-order valence-electron chi connectivity index (χ2n) is 11.8. The fourth-order valence-corrected chi connectivity index (χ4v) is 6.96. The number of hydrogen-bond acceptors (Lipinski definition) is 4. The third-order valence-corrected chi connectivity index (χ3v) is 9.01. The highest BCUT2D eigenvalue weighted by Gasteiger charge is 2.45. The van der Waals surface area contributed by atoms with Crippen LogP contribution in [0.5, 0.6) is 5.75 Å². The van der Waals surface area contributed by atoms with Gasteiger partial charge in [0.05, 0.1) is 10.3 Å². The van der Waals surface area contributed by atoms with Crippen LogP contribution in [-0.2, 0) is 17.3 Å². The van der Waals surface area contributed by atoms with Crippen LogP contribution < -0.4 is 4.90 Å². The van der Waals surface area contributed by atoms with Crippen molar-refractivity contribution < 1.29 is 14.6 Å². The molecule has 6 nitrogen and oxygen atoms in total. The van der Waals surface area contributed by atoms with Gasteiger partial charge in [0.15, 0.2) is 5.71 Å². The molecule has 6 heteroatoms. The number of nitro groups is 1. The number of likely N-dealkylation sites (N-methyl/N-ethyl adjacent to an activating group) is 1. The minimum Gasteiger partial charge on any atom is -0.508 e. The van der Waals surface area contributed by atoms with Gasteiger partial charge in [-0.1, -0.05) is 54.6 Å². The number of allylic oxidation sites excluding steroid dienone is 4. The maximum atomic E-state index is 11.6. The summed E-state index contributed by atoms with van der Waals surface area (Å²) < 4.78 is 2.26. The molecule has 0 fully saturated rings. The summed E-state index contributed by atoms with van der Waals surface area (Å²) in [6.07, 6.45) is 6.86. The summed E-state index contributed by atoms with van der Waals surface area (Å²) in [4.78, 5) is 13.4. The van der Waals surface area contributed by atoms with Crippen molar-refractivity contribution in [2.24, 2.45) is 0 Å². The molecule has 4 aromatic rings. The van der Waals surface area contributed by atoms with E-state index in [2.05, 4.69) is 111 Å². The minimum absolute atomic E-state index is 0.0289. The van der Waals surface area contributed by atoms with Crippen molar-refractivity contribution in [3.63, 3.8) is 0 Å². The van der Waals surface area contributed by atoms with Gasteiger partial charge >= 0.3 is 0 Å². The molecule has 0 bridgehead atoms. The molecule has 0 spiro atoms. The van der Waals surface area contributed by atoms with Crippen LogP contribution in [0.1, 0.15) is 37.5 Å². The molecule has 0 radical (unpaired) electrons. The summed E-state index contributed by atoms with van der Waals surface area (Å²) in [5.41, 5.74) is 6.85. The number of aromatic hydroxyl groups is 1. The number of phenolic OH excluding ortho intramolecular Hbond substituents is 1. The van der Waals surface area contributed by atoms with Gasteiger partial charge in [-0.2, -0.15) is 4.58 Å². The van der Waals surface area contributed by atoms with E-state index >= 15 is 0 Å². The van der Waals surface area contributed by atoms with E-state index in [4.69, 9.17) is 0 Å². The fraction of sp³-hybridized carbons (Fsp3) is 0.229. The molecule has 2 aliphatic heterocycles. The van der Waals surface area contributed by atoms with E-state index < -0.39 is 10.3 Å². The lowest BCUT2D eigenvalue weighted by Crippen LogP contribution is -2.29. The second-order valence-corrected chi connectivity index (χ2v) is 11.8. The minimum atomic E-state index is -0.563. The van der Waals surface area contributed by atoms with Crippen LogP contribution in [0.2, 0.25) is 0 Å². The molecule has 0 aromatic heterocycles. The number of nitrogens with zero attached hydrogens (tertiary/aromatic N) is 3. The maximum absolute atomic E-state index is 11.6. The number of anilines is 1. The van der Waals surface area contributed by atoms with Gasteiger partial charge in [0.1, 0.15) is 12.8 Å². The Morgan fingerprint density at radius 3 is 2.49 bits per heavy atom. The van der Waals surface area contributed by atoms with Crippen LogP contribution in [0.4, 0.5) is 17.1 Å². The van der Waals surface area contributed by atoms with Crippen LogP contribution in [0.3, 0.4) is 0 Å². The van der Waals surface area contributed by atoms with Crippen LogP contribution in [0.25, 0.3) is 10.8 Å². The summed E-state index contributed by atoms with van der Waals surface area (Å²) in [5.74, 6) is 0.0608. The number of benzene rings is 4. The highest BCUT2D eigenvalue weighted by molar-refractivity contribution is 6.03. The normalized spacial score (nSPS) is 20.3. The Kier molecular flexibility index (Phi) is 6.11. The summed E-state index contributed by atoms with van der Waals surface area (Å²) in [6.45, 7) is 6.68. The zero-order chi connectivity index (χ0) is 29.1. The van der Waals surface area contributed by atoms with Crippen LogP contribution in [0.15, 0.2) is 103 Å². The molecule has 206 valence electrons. The van der Waals surface area contributed by atoms with Crippen LogP contribution in [-0.4, -0.2) is 34.4 Å². The Hall–Kier alpha value is -4.71. The SMILES string of the molecule is CN1C(=CC=CC2=[N+](C)c3ccccc3C2(C)C)C(C)(Cc2cc([N+](=O)[O-])ccc2O)c2c1ccc1ccccc21. The molecular weight excluding hydrogens is 510 g/mol. The highest BCUT2D eigenvalue weighted by Crippen LogP contribution is 2.52. The van der Waals surface area contributed by atoms with Gasteiger partial charge in [0, 0.05) is 59.2 Å². The van der Waals surface area contributed by atoms with Crippen molar-refractivity contribution in [2.75, 3.05) is 19.0 Å². The number of hydrogen-bond donors (Lipinski definition) is 1. The third kappa shape index (κ3) is 4.05. The van der Waals surface area contributed by atoms with Crippen molar-refractivity contribution >= 4 is 33.5 Å². The van der Waals surface area contributed by atoms with Gasteiger partial charge in [0.2, 0.25) is 5.69 Å². The average Bonchev–Trinajstić information content (AvgIpc) is 3.29. The summed E-state index contributed by atoms with van der Waals surface area (Å²) in [6, 6.07) is 25.4. The van der Waals surface area contributed by atoms with Crippen LogP contribution >= 0.6 is 0 Å². The first-order valence-electron chi connectivity index (χ1n) is 13.9. The molecule has 4 aromatic carbocycles. The first kappa shape index (κ1) is 26.5. The van der Waals surface area contributed by atoms with E-state index in [1.54, 1.807) is 0 Å². The van der Waals surface area contributed by atoms with E-state index in [-0.39, 0.29) is 16.9 Å². The Morgan fingerprint density at radius 2 is 1.73 bits per heavy atom. The molecule has 1 atom stereocenters. The Labute approximate surface area is 240 Å². The van der Waals surface area contributed by atoms with Crippen molar-refractivity contribution in [1.29, 1.82) is 0 Å². The van der Waals surface area contributed by atoms with Crippen molar-refractivity contribution in [3.8, 4) is 5.75 Å². The molecule has 2 aliphatic rings. The lowest BCUT2D eigenvalue weighted by Gasteiger charge is -2.29. The summed E-state index contributed by atoms with van der Waals surface area (Å²) >= 11 is 0. The Balaban J connectivity index is 1.50. The Bertz CT molecular complexity index is 1830. The molecule has 0 aliphatic carbocycles. The Morgan fingerprint density at radius 1 is 1.00 bits per heavy atom. The predicted molar refractivity (Wildman–Crippen MR) is 166 cm³/mol. The third-order valence-electron chi connectivity index (χ3n) is 9.01. The smallest absolute Gasteiger partial charge is 0.269 e. The first-order chi connectivity index (χ1) is 19.5. The van der Waals surface area contributed by atoms with E-state index in [9.17, 15) is 15.2 Å². The van der Waals surface area contributed by atoms with E-state index in [1.165, 1.54) is 35.2 Å². The lowest BCUT2D eigenvalue weighted by molar-refractivity contribution is -0.401. The highest BCUT2D eigenvalue weighted by atomic mass is 16.6. The molecule has 2 heterocycles. The van der Waals surface area contributed by atoms with Crippen LogP contribution in [0, 0.1) is 10.1 Å². The van der Waals surface area contributed by atoms with E-state index in [1.807, 2.05) is 12.1 Å². The number of phenols is 1. The molecule has 0 saturated carbocycles. The topological polar surface area (TPSA) is 69.6 Å². The average molecular weight is 545 g/mol. The standard InChI is InChI=1S/C35H33N3O3/c1-34(2)27-13-8-9-14-28(27)36(4)31(34)15-10-16-32-35(3,22-24-21-25(38(40)41)18-20-30(24)39)33-26-12-7-6-11-23(26)17-19-29(33)37(32)5/h6-21H,22H2,1-5H3/p+1. The number of nitro benzene ring substituents is 1. The molecule has 6 rings (SSSR count). The van der Waals surface area contributed by atoms with E-state index in [0.29, 0.717) is 12.0 Å². The van der Waals surface area contributed by atoms with Gasteiger partial charge in [-0.15, -0.1) is 0 Å². The molecule has 0 amide bonds. The summed E-state index contributed by atoms with van der Waals surface area (Å²) in [5, 5.41) is 24.7.